The zero-order valence-electron chi connectivity index (χ0n) is 10.8. The number of hydrogen-bond donors (Lipinski definition) is 2. The molecule has 1 unspecified atom stereocenters. The standard InChI is InChI=1S/C12H26N2O/c1-6-7-10(2)14-11(15)8-13-9-12(3,4)5/h10,13H,6-9H2,1-5H3,(H,14,15). The molecule has 0 saturated heterocycles. The summed E-state index contributed by atoms with van der Waals surface area (Å²) in [5.41, 5.74) is 0.231. The maximum atomic E-state index is 11.4. The van der Waals surface area contributed by atoms with Gasteiger partial charge in [0.1, 0.15) is 0 Å². The molecule has 0 heterocycles. The van der Waals surface area contributed by atoms with Crippen molar-refractivity contribution in [3.05, 3.63) is 0 Å². The first-order valence-electron chi connectivity index (χ1n) is 5.85. The fourth-order valence-corrected chi connectivity index (χ4v) is 1.38. The highest BCUT2D eigenvalue weighted by atomic mass is 16.1. The molecule has 0 aromatic rings. The number of amides is 1. The molecule has 0 aliphatic rings. The van der Waals surface area contributed by atoms with E-state index < -0.39 is 0 Å². The van der Waals surface area contributed by atoms with Crippen molar-refractivity contribution in [1.82, 2.24) is 10.6 Å². The molecule has 0 aromatic heterocycles. The van der Waals surface area contributed by atoms with E-state index in [4.69, 9.17) is 0 Å². The fourth-order valence-electron chi connectivity index (χ4n) is 1.38. The molecule has 2 N–H and O–H groups in total. The monoisotopic (exact) mass is 214 g/mol. The van der Waals surface area contributed by atoms with E-state index in [9.17, 15) is 4.79 Å². The largest absolute Gasteiger partial charge is 0.353 e. The van der Waals surface area contributed by atoms with E-state index in [0.29, 0.717) is 12.6 Å². The SMILES string of the molecule is CCCC(C)NC(=O)CNCC(C)(C)C. The van der Waals surface area contributed by atoms with Crippen LogP contribution in [-0.4, -0.2) is 25.0 Å². The van der Waals surface area contributed by atoms with Gasteiger partial charge in [0.05, 0.1) is 6.54 Å². The van der Waals surface area contributed by atoms with Crippen LogP contribution in [0.5, 0.6) is 0 Å². The Kier molecular flexibility index (Phi) is 6.57. The molecule has 0 rings (SSSR count). The van der Waals surface area contributed by atoms with E-state index in [1.165, 1.54) is 0 Å². The summed E-state index contributed by atoms with van der Waals surface area (Å²) in [6.07, 6.45) is 2.15. The third-order valence-corrected chi connectivity index (χ3v) is 2.07. The normalized spacial score (nSPS) is 13.7. The molecule has 0 radical (unpaired) electrons. The third kappa shape index (κ3) is 9.73. The summed E-state index contributed by atoms with van der Waals surface area (Å²) in [6, 6.07) is 0.291. The Hall–Kier alpha value is -0.570. The molecule has 3 heteroatoms. The first-order chi connectivity index (χ1) is 6.85. The lowest BCUT2D eigenvalue weighted by molar-refractivity contribution is -0.120. The van der Waals surface area contributed by atoms with Crippen molar-refractivity contribution >= 4 is 5.91 Å². The summed E-state index contributed by atoms with van der Waals surface area (Å²) >= 11 is 0. The van der Waals surface area contributed by atoms with Crippen molar-refractivity contribution in [2.45, 2.75) is 53.5 Å². The van der Waals surface area contributed by atoms with E-state index in [0.717, 1.165) is 19.4 Å². The van der Waals surface area contributed by atoms with Gasteiger partial charge in [-0.05, 0) is 18.8 Å². The van der Waals surface area contributed by atoms with Crippen LogP contribution in [0.25, 0.3) is 0 Å². The Labute approximate surface area is 94.0 Å². The van der Waals surface area contributed by atoms with Crippen LogP contribution >= 0.6 is 0 Å². The van der Waals surface area contributed by atoms with Crippen molar-refractivity contribution < 1.29 is 4.79 Å². The van der Waals surface area contributed by atoms with Crippen LogP contribution in [0.2, 0.25) is 0 Å². The van der Waals surface area contributed by atoms with Gasteiger partial charge in [-0.3, -0.25) is 4.79 Å². The molecule has 0 spiro atoms. The number of nitrogens with one attached hydrogen (secondary N) is 2. The Morgan fingerprint density at radius 1 is 1.33 bits per heavy atom. The van der Waals surface area contributed by atoms with Gasteiger partial charge in [-0.25, -0.2) is 0 Å². The molecule has 15 heavy (non-hydrogen) atoms. The topological polar surface area (TPSA) is 41.1 Å². The van der Waals surface area contributed by atoms with Gasteiger partial charge in [0.25, 0.3) is 0 Å². The van der Waals surface area contributed by atoms with E-state index in [1.54, 1.807) is 0 Å². The molecule has 90 valence electrons. The van der Waals surface area contributed by atoms with Crippen LogP contribution in [0, 0.1) is 5.41 Å². The van der Waals surface area contributed by atoms with Gasteiger partial charge < -0.3 is 10.6 Å². The molecule has 0 aromatic carbocycles. The molecular weight excluding hydrogens is 188 g/mol. The van der Waals surface area contributed by atoms with Gasteiger partial charge in [0.2, 0.25) is 5.91 Å². The van der Waals surface area contributed by atoms with Gasteiger partial charge in [-0.2, -0.15) is 0 Å². The second-order valence-corrected chi connectivity index (χ2v) is 5.42. The average molecular weight is 214 g/mol. The molecule has 1 atom stereocenters. The molecule has 0 saturated carbocycles. The van der Waals surface area contributed by atoms with Crippen LogP contribution in [-0.2, 0) is 4.79 Å². The summed E-state index contributed by atoms with van der Waals surface area (Å²) < 4.78 is 0. The molecule has 1 amide bonds. The summed E-state index contributed by atoms with van der Waals surface area (Å²) in [4.78, 5) is 11.4. The predicted octanol–water partition coefficient (Wildman–Crippen LogP) is 1.93. The van der Waals surface area contributed by atoms with E-state index in [2.05, 4.69) is 38.3 Å². The van der Waals surface area contributed by atoms with Gasteiger partial charge in [0.15, 0.2) is 0 Å². The minimum absolute atomic E-state index is 0.0974. The predicted molar refractivity (Wildman–Crippen MR) is 64.8 cm³/mol. The summed E-state index contributed by atoms with van der Waals surface area (Å²) in [7, 11) is 0. The summed E-state index contributed by atoms with van der Waals surface area (Å²) in [6.45, 7) is 11.9. The molecule has 3 nitrogen and oxygen atoms in total. The Bertz CT molecular complexity index is 185. The van der Waals surface area contributed by atoms with Crippen LogP contribution < -0.4 is 10.6 Å². The van der Waals surface area contributed by atoms with Gasteiger partial charge in [-0.15, -0.1) is 0 Å². The van der Waals surface area contributed by atoms with Crippen LogP contribution in [0.1, 0.15) is 47.5 Å². The molecule has 0 fully saturated rings. The van der Waals surface area contributed by atoms with E-state index in [-0.39, 0.29) is 11.3 Å². The maximum Gasteiger partial charge on any atom is 0.234 e. The minimum Gasteiger partial charge on any atom is -0.353 e. The van der Waals surface area contributed by atoms with Crippen molar-refractivity contribution in [2.75, 3.05) is 13.1 Å². The van der Waals surface area contributed by atoms with Gasteiger partial charge >= 0.3 is 0 Å². The quantitative estimate of drug-likeness (QED) is 0.709. The Balaban J connectivity index is 3.58. The van der Waals surface area contributed by atoms with Crippen molar-refractivity contribution in [2.24, 2.45) is 5.41 Å². The zero-order valence-corrected chi connectivity index (χ0v) is 10.8. The first-order valence-corrected chi connectivity index (χ1v) is 5.85. The average Bonchev–Trinajstić information content (AvgIpc) is 2.01. The molecule has 0 bridgehead atoms. The highest BCUT2D eigenvalue weighted by molar-refractivity contribution is 5.78. The lowest BCUT2D eigenvalue weighted by Gasteiger charge is -2.19. The van der Waals surface area contributed by atoms with Crippen LogP contribution in [0.3, 0.4) is 0 Å². The van der Waals surface area contributed by atoms with Crippen molar-refractivity contribution in [1.29, 1.82) is 0 Å². The molecule has 0 aliphatic heterocycles. The van der Waals surface area contributed by atoms with Crippen molar-refractivity contribution in [3.63, 3.8) is 0 Å². The zero-order chi connectivity index (χ0) is 11.9. The maximum absolute atomic E-state index is 11.4. The summed E-state index contributed by atoms with van der Waals surface area (Å²) in [5, 5.41) is 6.13. The number of carbonyl (C=O) groups is 1. The lowest BCUT2D eigenvalue weighted by Crippen LogP contribution is -2.41. The minimum atomic E-state index is 0.0974. The molecule has 0 aliphatic carbocycles. The second-order valence-electron chi connectivity index (χ2n) is 5.42. The number of carbonyl (C=O) groups excluding carboxylic acids is 1. The van der Waals surface area contributed by atoms with Crippen LogP contribution in [0.15, 0.2) is 0 Å². The number of rotatable bonds is 6. The lowest BCUT2D eigenvalue weighted by atomic mass is 9.97. The van der Waals surface area contributed by atoms with E-state index >= 15 is 0 Å². The van der Waals surface area contributed by atoms with Crippen molar-refractivity contribution in [3.8, 4) is 0 Å². The highest BCUT2D eigenvalue weighted by Crippen LogP contribution is 2.09. The second kappa shape index (κ2) is 6.83. The Morgan fingerprint density at radius 3 is 2.40 bits per heavy atom. The third-order valence-electron chi connectivity index (χ3n) is 2.07. The van der Waals surface area contributed by atoms with E-state index in [1.807, 2.05) is 6.92 Å². The smallest absolute Gasteiger partial charge is 0.234 e. The summed E-state index contributed by atoms with van der Waals surface area (Å²) in [5.74, 6) is 0.0974. The first kappa shape index (κ1) is 14.4. The van der Waals surface area contributed by atoms with Crippen LogP contribution in [0.4, 0.5) is 0 Å². The Morgan fingerprint density at radius 2 is 1.93 bits per heavy atom. The number of hydrogen-bond acceptors (Lipinski definition) is 2. The van der Waals surface area contributed by atoms with Gasteiger partial charge in [0, 0.05) is 12.6 Å². The highest BCUT2D eigenvalue weighted by Gasteiger charge is 2.11. The molecular formula is C12H26N2O. The van der Waals surface area contributed by atoms with Gasteiger partial charge in [-0.1, -0.05) is 34.1 Å². The fraction of sp³-hybridized carbons (Fsp3) is 0.917.